The third-order valence-electron chi connectivity index (χ3n) is 6.33. The molecule has 0 saturated carbocycles. The van der Waals surface area contributed by atoms with Crippen molar-refractivity contribution in [1.82, 2.24) is 4.98 Å². The van der Waals surface area contributed by atoms with E-state index in [-0.39, 0.29) is 5.91 Å². The summed E-state index contributed by atoms with van der Waals surface area (Å²) in [5, 5.41) is 9.18. The van der Waals surface area contributed by atoms with Gasteiger partial charge in [0.25, 0.3) is 0 Å². The van der Waals surface area contributed by atoms with Gasteiger partial charge in [-0.2, -0.15) is 0 Å². The molecule has 226 valence electrons. The third kappa shape index (κ3) is 10.8. The molecule has 3 aromatic rings. The van der Waals surface area contributed by atoms with Gasteiger partial charge < -0.3 is 39.7 Å². The molecule has 2 aromatic carbocycles. The summed E-state index contributed by atoms with van der Waals surface area (Å²) in [6, 6.07) is 15.3. The van der Waals surface area contributed by atoms with Gasteiger partial charge in [-0.25, -0.2) is 4.98 Å². The molecule has 0 spiro atoms. The number of benzene rings is 2. The van der Waals surface area contributed by atoms with Gasteiger partial charge >= 0.3 is 0 Å². The second kappa shape index (κ2) is 17.7. The molecule has 0 fully saturated rings. The number of hydrogen-bond acceptors (Lipinski definition) is 9. The lowest BCUT2D eigenvalue weighted by atomic mass is 9.96. The van der Waals surface area contributed by atoms with Crippen LogP contribution in [0.2, 0.25) is 0 Å². The average Bonchev–Trinajstić information content (AvgIpc) is 2.96. The fraction of sp³-hybridized carbons (Fsp3) is 0.406. The summed E-state index contributed by atoms with van der Waals surface area (Å²) < 4.78 is 22.4. The van der Waals surface area contributed by atoms with E-state index in [0.717, 1.165) is 57.2 Å². The second-order valence-electron chi connectivity index (χ2n) is 9.60. The number of nitrogens with zero attached hydrogens (tertiary/aromatic N) is 1. The lowest BCUT2D eigenvalue weighted by Crippen LogP contribution is -2.15. The Hall–Kier alpha value is -3.99. The van der Waals surface area contributed by atoms with E-state index in [4.69, 9.17) is 23.9 Å². The number of aromatic nitrogens is 1. The molecular formula is C32H42N4O6. The van der Waals surface area contributed by atoms with Crippen LogP contribution >= 0.6 is 0 Å². The molecular weight excluding hydrogens is 536 g/mol. The van der Waals surface area contributed by atoms with Crippen LogP contribution in [0.1, 0.15) is 23.7 Å². The van der Waals surface area contributed by atoms with Crippen molar-refractivity contribution in [3.8, 4) is 16.9 Å². The zero-order chi connectivity index (χ0) is 30.2. The lowest BCUT2D eigenvalue weighted by molar-refractivity contribution is -0.114. The number of aldehydes is 1. The van der Waals surface area contributed by atoms with Crippen molar-refractivity contribution >= 4 is 29.4 Å². The monoisotopic (exact) mass is 578 g/mol. The van der Waals surface area contributed by atoms with Crippen LogP contribution in [0.4, 0.5) is 17.2 Å². The van der Waals surface area contributed by atoms with Gasteiger partial charge in [0.2, 0.25) is 5.91 Å². The Bertz CT molecular complexity index is 1260. The van der Waals surface area contributed by atoms with Crippen LogP contribution < -0.4 is 20.7 Å². The minimum absolute atomic E-state index is 0.107. The molecule has 0 unspecified atom stereocenters. The van der Waals surface area contributed by atoms with Crippen LogP contribution in [0, 0.1) is 13.8 Å². The van der Waals surface area contributed by atoms with Gasteiger partial charge in [-0.05, 0) is 73.0 Å². The van der Waals surface area contributed by atoms with E-state index >= 15 is 0 Å². The molecule has 1 amide bonds. The highest BCUT2D eigenvalue weighted by Gasteiger charge is 2.12. The SMILES string of the molecule is CNc1ccc(-c2c(C)cc(NCCOCCOCCOCCOc3ccc(NC(C)=O)cc3)nc2C)cc1CC=O. The van der Waals surface area contributed by atoms with Crippen molar-refractivity contribution in [2.45, 2.75) is 27.2 Å². The van der Waals surface area contributed by atoms with Gasteiger partial charge in [-0.1, -0.05) is 6.07 Å². The van der Waals surface area contributed by atoms with E-state index in [1.54, 1.807) is 24.3 Å². The minimum Gasteiger partial charge on any atom is -0.491 e. The van der Waals surface area contributed by atoms with Crippen molar-refractivity contribution < 1.29 is 28.5 Å². The maximum absolute atomic E-state index is 11.1. The molecule has 0 saturated heterocycles. The Balaban J connectivity index is 1.25. The number of pyridine rings is 1. The maximum Gasteiger partial charge on any atom is 0.221 e. The fourth-order valence-corrected chi connectivity index (χ4v) is 4.46. The first kappa shape index (κ1) is 32.5. The summed E-state index contributed by atoms with van der Waals surface area (Å²) in [6.07, 6.45) is 1.29. The van der Waals surface area contributed by atoms with Crippen LogP contribution in [0.3, 0.4) is 0 Å². The van der Waals surface area contributed by atoms with Gasteiger partial charge in [0.05, 0.1) is 39.6 Å². The zero-order valence-corrected chi connectivity index (χ0v) is 25.0. The molecule has 10 nitrogen and oxygen atoms in total. The highest BCUT2D eigenvalue weighted by atomic mass is 16.6. The lowest BCUT2D eigenvalue weighted by Gasteiger charge is -2.15. The number of aryl methyl sites for hydroxylation is 2. The van der Waals surface area contributed by atoms with Crippen molar-refractivity contribution in [2.24, 2.45) is 0 Å². The number of nitrogens with one attached hydrogen (secondary N) is 3. The first-order valence-corrected chi connectivity index (χ1v) is 14.1. The smallest absolute Gasteiger partial charge is 0.221 e. The standard InChI is InChI=1S/C32H42N4O6/c1-23-21-31(35-24(2)32(23)27-5-10-30(33-4)26(22-27)11-13-37)34-12-14-39-15-16-40-17-18-41-19-20-42-29-8-6-28(7-9-29)36-25(3)38/h5-10,13,21-22,33H,11-12,14-20H2,1-4H3,(H,34,35)(H,36,38). The largest absolute Gasteiger partial charge is 0.491 e. The maximum atomic E-state index is 11.1. The van der Waals surface area contributed by atoms with E-state index < -0.39 is 0 Å². The number of hydrogen-bond donors (Lipinski definition) is 3. The van der Waals surface area contributed by atoms with Gasteiger partial charge in [0.15, 0.2) is 0 Å². The second-order valence-corrected chi connectivity index (χ2v) is 9.60. The van der Waals surface area contributed by atoms with Gasteiger partial charge in [-0.3, -0.25) is 4.79 Å². The van der Waals surface area contributed by atoms with Crippen LogP contribution in [0.25, 0.3) is 11.1 Å². The molecule has 0 radical (unpaired) electrons. The molecule has 42 heavy (non-hydrogen) atoms. The normalized spacial score (nSPS) is 10.8. The van der Waals surface area contributed by atoms with Crippen LogP contribution in [0.15, 0.2) is 48.5 Å². The Morgan fingerprint density at radius 3 is 2.17 bits per heavy atom. The number of amides is 1. The molecule has 10 heteroatoms. The topological polar surface area (TPSA) is 120 Å². The Morgan fingerprint density at radius 2 is 1.55 bits per heavy atom. The van der Waals surface area contributed by atoms with E-state index in [2.05, 4.69) is 35.0 Å². The Kier molecular flexibility index (Phi) is 13.7. The summed E-state index contributed by atoms with van der Waals surface area (Å²) in [5.41, 5.74) is 6.82. The Morgan fingerprint density at radius 1 is 0.881 bits per heavy atom. The van der Waals surface area contributed by atoms with Crippen molar-refractivity contribution in [1.29, 1.82) is 0 Å². The summed E-state index contributed by atoms with van der Waals surface area (Å²) in [5.74, 6) is 1.41. The highest BCUT2D eigenvalue weighted by Crippen LogP contribution is 2.31. The minimum atomic E-state index is -0.107. The first-order chi connectivity index (χ1) is 20.4. The molecule has 0 aliphatic rings. The molecule has 0 aliphatic carbocycles. The third-order valence-corrected chi connectivity index (χ3v) is 6.33. The number of anilines is 3. The predicted molar refractivity (Wildman–Crippen MR) is 166 cm³/mol. The summed E-state index contributed by atoms with van der Waals surface area (Å²) in [7, 11) is 1.86. The zero-order valence-electron chi connectivity index (χ0n) is 25.0. The molecule has 0 aliphatic heterocycles. The van der Waals surface area contributed by atoms with Crippen LogP contribution in [-0.2, 0) is 30.2 Å². The molecule has 3 rings (SSSR count). The average molecular weight is 579 g/mol. The van der Waals surface area contributed by atoms with Gasteiger partial charge in [-0.15, -0.1) is 0 Å². The van der Waals surface area contributed by atoms with Crippen LogP contribution in [0.5, 0.6) is 5.75 Å². The Labute approximate surface area is 248 Å². The highest BCUT2D eigenvalue weighted by molar-refractivity contribution is 5.88. The molecule has 0 atom stereocenters. The fourth-order valence-electron chi connectivity index (χ4n) is 4.46. The number of carbonyl (C=O) groups excluding carboxylic acids is 2. The number of ether oxygens (including phenoxy) is 4. The van der Waals surface area contributed by atoms with Crippen molar-refractivity contribution in [3.05, 3.63) is 65.4 Å². The summed E-state index contributed by atoms with van der Waals surface area (Å²) >= 11 is 0. The number of carbonyl (C=O) groups is 2. The molecule has 1 heterocycles. The summed E-state index contributed by atoms with van der Waals surface area (Å²) in [6.45, 7) is 9.53. The first-order valence-electron chi connectivity index (χ1n) is 14.1. The van der Waals surface area contributed by atoms with Crippen molar-refractivity contribution in [2.75, 3.05) is 75.8 Å². The predicted octanol–water partition coefficient (Wildman–Crippen LogP) is 4.65. The number of rotatable bonds is 19. The van der Waals surface area contributed by atoms with E-state index in [1.807, 2.05) is 26.1 Å². The molecule has 3 N–H and O–H groups in total. The van der Waals surface area contributed by atoms with Crippen molar-refractivity contribution in [3.63, 3.8) is 0 Å². The van der Waals surface area contributed by atoms with Gasteiger partial charge in [0.1, 0.15) is 24.5 Å². The van der Waals surface area contributed by atoms with E-state index in [1.165, 1.54) is 6.92 Å². The van der Waals surface area contributed by atoms with Gasteiger partial charge in [0, 0.05) is 49.6 Å². The molecule has 0 bridgehead atoms. The molecule has 1 aromatic heterocycles. The van der Waals surface area contributed by atoms with E-state index in [9.17, 15) is 9.59 Å². The van der Waals surface area contributed by atoms with Crippen LogP contribution in [-0.4, -0.2) is 77.0 Å². The van der Waals surface area contributed by atoms with E-state index in [0.29, 0.717) is 59.2 Å². The summed E-state index contributed by atoms with van der Waals surface area (Å²) in [4.78, 5) is 26.9. The quantitative estimate of drug-likeness (QED) is 0.138.